The van der Waals surface area contributed by atoms with Crippen molar-refractivity contribution in [2.45, 2.75) is 53.4 Å². The molecule has 1 saturated heterocycles. The van der Waals surface area contributed by atoms with Crippen LogP contribution in [0.1, 0.15) is 49.6 Å². The van der Waals surface area contributed by atoms with Gasteiger partial charge in [-0.15, -0.1) is 5.10 Å². The van der Waals surface area contributed by atoms with Crippen LogP contribution in [0.5, 0.6) is 0 Å². The van der Waals surface area contributed by atoms with E-state index < -0.39 is 0 Å². The Bertz CT molecular complexity index is 1100. The van der Waals surface area contributed by atoms with Gasteiger partial charge in [0.25, 0.3) is 0 Å². The second-order valence-corrected chi connectivity index (χ2v) is 9.04. The molecule has 0 N–H and O–H groups in total. The number of hydrogen-bond donors (Lipinski definition) is 0. The Morgan fingerprint density at radius 2 is 1.78 bits per heavy atom. The number of carbonyl (C=O) groups excluding carboxylic acids is 1. The van der Waals surface area contributed by atoms with Gasteiger partial charge in [0.1, 0.15) is 5.52 Å². The monoisotopic (exact) mass is 434 g/mol. The second kappa shape index (κ2) is 9.27. The Kier molecular flexibility index (Phi) is 6.44. The van der Waals surface area contributed by atoms with Gasteiger partial charge in [0.15, 0.2) is 5.82 Å². The molecule has 1 aliphatic rings. The highest BCUT2D eigenvalue weighted by Gasteiger charge is 2.29. The molecule has 0 saturated carbocycles. The zero-order valence-corrected chi connectivity index (χ0v) is 19.9. The fraction of sp³-hybridized carbons (Fsp3) is 0.520. The molecule has 1 aromatic carbocycles. The highest BCUT2D eigenvalue weighted by atomic mass is 16.2. The molecule has 1 fully saturated rings. The Morgan fingerprint density at radius 1 is 1.09 bits per heavy atom. The Labute approximate surface area is 190 Å². The predicted molar refractivity (Wildman–Crippen MR) is 128 cm³/mol. The molecular formula is C25H34N6O. The van der Waals surface area contributed by atoms with Gasteiger partial charge in [-0.2, -0.15) is 10.2 Å². The average Bonchev–Trinajstić information content (AvgIpc) is 3.16. The van der Waals surface area contributed by atoms with E-state index in [4.69, 9.17) is 5.10 Å². The van der Waals surface area contributed by atoms with Gasteiger partial charge >= 0.3 is 0 Å². The maximum atomic E-state index is 12.8. The lowest BCUT2D eigenvalue weighted by molar-refractivity contribution is -0.134. The molecule has 0 spiro atoms. The molecule has 1 amide bonds. The number of unbranched alkanes of at least 4 members (excludes halogenated alkanes) is 1. The third-order valence-corrected chi connectivity index (χ3v) is 6.63. The lowest BCUT2D eigenvalue weighted by atomic mass is 9.95. The smallest absolute Gasteiger partial charge is 0.225 e. The number of piperidine rings is 1. The standard InChI is InChI=1S/C25H34N6O/c1-6-7-14-29(5)25(32)20-12-15-30(16-13-20)24-23-22(18(3)26-27-24)19(4)31(28-23)21-10-8-17(2)9-11-21/h8-11,20H,6-7,12-16H2,1-5H3. The number of aryl methyl sites for hydroxylation is 3. The summed E-state index contributed by atoms with van der Waals surface area (Å²) in [5.41, 5.74) is 5.11. The van der Waals surface area contributed by atoms with E-state index >= 15 is 0 Å². The van der Waals surface area contributed by atoms with Crippen LogP contribution in [0.25, 0.3) is 16.6 Å². The first-order valence-electron chi connectivity index (χ1n) is 11.7. The molecule has 2 aromatic heterocycles. The molecule has 3 aromatic rings. The fourth-order valence-electron chi connectivity index (χ4n) is 4.62. The van der Waals surface area contributed by atoms with Crippen molar-refractivity contribution in [1.29, 1.82) is 0 Å². The number of fused-ring (bicyclic) bond motifs is 1. The summed E-state index contributed by atoms with van der Waals surface area (Å²) in [6.07, 6.45) is 3.84. The summed E-state index contributed by atoms with van der Waals surface area (Å²) < 4.78 is 1.99. The number of benzene rings is 1. The van der Waals surface area contributed by atoms with Gasteiger partial charge in [0.05, 0.1) is 22.5 Å². The van der Waals surface area contributed by atoms with Crippen molar-refractivity contribution in [3.63, 3.8) is 0 Å². The number of nitrogens with zero attached hydrogens (tertiary/aromatic N) is 6. The van der Waals surface area contributed by atoms with Gasteiger partial charge in [-0.25, -0.2) is 4.68 Å². The fourth-order valence-corrected chi connectivity index (χ4v) is 4.62. The average molecular weight is 435 g/mol. The van der Waals surface area contributed by atoms with Crippen LogP contribution in [-0.4, -0.2) is 57.5 Å². The number of aromatic nitrogens is 4. The molecule has 1 aliphatic heterocycles. The summed E-state index contributed by atoms with van der Waals surface area (Å²) in [5, 5.41) is 15.0. The lowest BCUT2D eigenvalue weighted by Gasteiger charge is -2.33. The number of rotatable bonds is 6. The first-order valence-corrected chi connectivity index (χ1v) is 11.7. The number of amides is 1. The van der Waals surface area contributed by atoms with Crippen molar-refractivity contribution in [3.05, 3.63) is 41.2 Å². The first kappa shape index (κ1) is 22.2. The van der Waals surface area contributed by atoms with Crippen molar-refractivity contribution < 1.29 is 4.79 Å². The minimum absolute atomic E-state index is 0.0915. The molecule has 0 bridgehead atoms. The van der Waals surface area contributed by atoms with E-state index in [0.29, 0.717) is 0 Å². The maximum absolute atomic E-state index is 12.8. The molecule has 0 unspecified atom stereocenters. The van der Waals surface area contributed by atoms with Crippen LogP contribution >= 0.6 is 0 Å². The zero-order valence-electron chi connectivity index (χ0n) is 19.9. The van der Waals surface area contributed by atoms with Crippen LogP contribution in [0.4, 0.5) is 5.82 Å². The SMILES string of the molecule is CCCCN(C)C(=O)C1CCN(c2nnc(C)c3c(C)n(-c4ccc(C)cc4)nc23)CC1. The Hall–Kier alpha value is -2.96. The number of hydrogen-bond acceptors (Lipinski definition) is 5. The topological polar surface area (TPSA) is 67.2 Å². The number of anilines is 1. The van der Waals surface area contributed by atoms with E-state index in [-0.39, 0.29) is 11.8 Å². The summed E-state index contributed by atoms with van der Waals surface area (Å²) >= 11 is 0. The van der Waals surface area contributed by atoms with Gasteiger partial charge in [-0.3, -0.25) is 4.79 Å². The van der Waals surface area contributed by atoms with Crippen molar-refractivity contribution in [2.75, 3.05) is 31.6 Å². The van der Waals surface area contributed by atoms with Gasteiger partial charge in [-0.1, -0.05) is 31.0 Å². The minimum atomic E-state index is 0.0915. The van der Waals surface area contributed by atoms with E-state index in [1.165, 1.54) is 5.56 Å². The van der Waals surface area contributed by atoms with Crippen molar-refractivity contribution >= 4 is 22.6 Å². The molecule has 3 heterocycles. The van der Waals surface area contributed by atoms with E-state index in [0.717, 1.165) is 79.1 Å². The summed E-state index contributed by atoms with van der Waals surface area (Å²) in [6, 6.07) is 8.39. The molecule has 0 radical (unpaired) electrons. The van der Waals surface area contributed by atoms with Gasteiger partial charge in [0.2, 0.25) is 5.91 Å². The van der Waals surface area contributed by atoms with Crippen LogP contribution < -0.4 is 4.90 Å². The van der Waals surface area contributed by atoms with Crippen LogP contribution in [-0.2, 0) is 4.79 Å². The Balaban J connectivity index is 1.58. The van der Waals surface area contributed by atoms with Crippen LogP contribution in [0.3, 0.4) is 0 Å². The predicted octanol–water partition coefficient (Wildman–Crippen LogP) is 4.22. The summed E-state index contributed by atoms with van der Waals surface area (Å²) in [7, 11) is 1.93. The Morgan fingerprint density at radius 3 is 2.44 bits per heavy atom. The largest absolute Gasteiger partial charge is 0.353 e. The quantitative estimate of drug-likeness (QED) is 0.581. The van der Waals surface area contributed by atoms with E-state index in [2.05, 4.69) is 60.1 Å². The summed E-state index contributed by atoms with van der Waals surface area (Å²) in [4.78, 5) is 16.9. The van der Waals surface area contributed by atoms with Crippen molar-refractivity contribution in [2.24, 2.45) is 5.92 Å². The zero-order chi connectivity index (χ0) is 22.8. The number of carbonyl (C=O) groups is 1. The van der Waals surface area contributed by atoms with E-state index in [1.54, 1.807) is 0 Å². The van der Waals surface area contributed by atoms with Crippen molar-refractivity contribution in [1.82, 2.24) is 24.9 Å². The summed E-state index contributed by atoms with van der Waals surface area (Å²) in [6.45, 7) is 10.7. The third-order valence-electron chi connectivity index (χ3n) is 6.63. The molecule has 4 rings (SSSR count). The van der Waals surface area contributed by atoms with Gasteiger partial charge in [-0.05, 0) is 52.2 Å². The second-order valence-electron chi connectivity index (χ2n) is 9.04. The molecule has 0 aliphatic carbocycles. The highest BCUT2D eigenvalue weighted by Crippen LogP contribution is 2.31. The molecule has 170 valence electrons. The molecule has 7 nitrogen and oxygen atoms in total. The maximum Gasteiger partial charge on any atom is 0.225 e. The minimum Gasteiger partial charge on any atom is -0.353 e. The van der Waals surface area contributed by atoms with Gasteiger partial charge < -0.3 is 9.80 Å². The van der Waals surface area contributed by atoms with E-state index in [9.17, 15) is 4.79 Å². The van der Waals surface area contributed by atoms with Crippen LogP contribution in [0.2, 0.25) is 0 Å². The first-order chi connectivity index (χ1) is 15.4. The highest BCUT2D eigenvalue weighted by molar-refractivity contribution is 5.92. The van der Waals surface area contributed by atoms with Gasteiger partial charge in [0, 0.05) is 32.6 Å². The van der Waals surface area contributed by atoms with Crippen LogP contribution in [0, 0.1) is 26.7 Å². The lowest BCUT2D eigenvalue weighted by Crippen LogP contribution is -2.42. The van der Waals surface area contributed by atoms with Crippen molar-refractivity contribution in [3.8, 4) is 5.69 Å². The molecule has 7 heteroatoms. The molecular weight excluding hydrogens is 400 g/mol. The third kappa shape index (κ3) is 4.20. The molecule has 32 heavy (non-hydrogen) atoms. The molecule has 0 atom stereocenters. The van der Waals surface area contributed by atoms with Crippen LogP contribution in [0.15, 0.2) is 24.3 Å². The normalized spacial score (nSPS) is 14.8. The summed E-state index contributed by atoms with van der Waals surface area (Å²) in [5.74, 6) is 1.19. The van der Waals surface area contributed by atoms with E-state index in [1.807, 2.05) is 23.6 Å².